The summed E-state index contributed by atoms with van der Waals surface area (Å²) in [6.45, 7) is 1.03. The van der Waals surface area contributed by atoms with E-state index in [2.05, 4.69) is 20.5 Å². The Hall–Kier alpha value is -0.900. The third-order valence-electron chi connectivity index (χ3n) is 5.31. The molecule has 4 nitrogen and oxygen atoms in total. The van der Waals surface area contributed by atoms with Gasteiger partial charge in [0.15, 0.2) is 0 Å². The van der Waals surface area contributed by atoms with Crippen LogP contribution in [0.1, 0.15) is 63.6 Å². The van der Waals surface area contributed by atoms with Gasteiger partial charge in [-0.3, -0.25) is 5.10 Å². The molecule has 2 N–H and O–H groups in total. The molecule has 2 aliphatic rings. The summed E-state index contributed by atoms with van der Waals surface area (Å²) in [5, 5.41) is 10.7. The highest BCUT2D eigenvalue weighted by Gasteiger charge is 2.31. The monoisotopic (exact) mass is 276 g/mol. The molecule has 0 aliphatic heterocycles. The fourth-order valence-electron chi connectivity index (χ4n) is 4.27. The maximum absolute atomic E-state index is 4.20. The Morgan fingerprint density at radius 1 is 1.05 bits per heavy atom. The SMILES string of the molecule is c1n[nH]c(CCNC2CCCCC2C2CCCCC2)n1. The lowest BCUT2D eigenvalue weighted by Crippen LogP contribution is -2.43. The lowest BCUT2D eigenvalue weighted by molar-refractivity contribution is 0.150. The van der Waals surface area contributed by atoms with E-state index in [0.29, 0.717) is 0 Å². The molecule has 0 amide bonds. The van der Waals surface area contributed by atoms with E-state index in [1.807, 2.05) is 0 Å². The minimum Gasteiger partial charge on any atom is -0.313 e. The van der Waals surface area contributed by atoms with Crippen LogP contribution < -0.4 is 5.32 Å². The van der Waals surface area contributed by atoms with Crippen LogP contribution in [0.15, 0.2) is 6.33 Å². The molecule has 2 aliphatic carbocycles. The molecule has 0 aromatic carbocycles. The van der Waals surface area contributed by atoms with E-state index < -0.39 is 0 Å². The summed E-state index contributed by atoms with van der Waals surface area (Å²) in [6.07, 6.45) is 15.6. The zero-order valence-electron chi connectivity index (χ0n) is 12.5. The second-order valence-corrected chi connectivity index (χ2v) is 6.59. The Morgan fingerprint density at radius 2 is 1.85 bits per heavy atom. The molecule has 2 fully saturated rings. The minimum absolute atomic E-state index is 0.745. The standard InChI is InChI=1S/C16H28N4/c1-2-6-13(7-3-1)14-8-4-5-9-15(14)17-11-10-16-18-12-19-20-16/h12-15,17H,1-11H2,(H,18,19,20). The summed E-state index contributed by atoms with van der Waals surface area (Å²) in [4.78, 5) is 4.20. The molecule has 0 spiro atoms. The average Bonchev–Trinajstić information content (AvgIpc) is 3.02. The van der Waals surface area contributed by atoms with Crippen LogP contribution in [0.4, 0.5) is 0 Å². The molecule has 4 heteroatoms. The van der Waals surface area contributed by atoms with Gasteiger partial charge in [-0.15, -0.1) is 0 Å². The predicted octanol–water partition coefficient (Wildman–Crippen LogP) is 3.08. The lowest BCUT2D eigenvalue weighted by Gasteiger charge is -2.39. The fourth-order valence-corrected chi connectivity index (χ4v) is 4.27. The number of aromatic nitrogens is 3. The molecule has 3 rings (SSSR count). The van der Waals surface area contributed by atoms with Crippen LogP contribution in [0, 0.1) is 11.8 Å². The van der Waals surface area contributed by atoms with Gasteiger partial charge in [0, 0.05) is 19.0 Å². The van der Waals surface area contributed by atoms with E-state index in [1.165, 1.54) is 57.8 Å². The number of aromatic amines is 1. The van der Waals surface area contributed by atoms with Crippen molar-refractivity contribution in [3.63, 3.8) is 0 Å². The zero-order chi connectivity index (χ0) is 13.6. The van der Waals surface area contributed by atoms with Gasteiger partial charge in [0.25, 0.3) is 0 Å². The van der Waals surface area contributed by atoms with Gasteiger partial charge in [0.2, 0.25) is 0 Å². The number of nitrogens with zero attached hydrogens (tertiary/aromatic N) is 2. The molecule has 0 bridgehead atoms. The van der Waals surface area contributed by atoms with Crippen LogP contribution in [0.25, 0.3) is 0 Å². The maximum atomic E-state index is 4.20. The molecule has 20 heavy (non-hydrogen) atoms. The normalized spacial score (nSPS) is 28.6. The molecule has 0 saturated heterocycles. The van der Waals surface area contributed by atoms with Crippen molar-refractivity contribution in [3.05, 3.63) is 12.2 Å². The van der Waals surface area contributed by atoms with Gasteiger partial charge in [-0.05, 0) is 24.7 Å². The fraction of sp³-hybridized carbons (Fsp3) is 0.875. The van der Waals surface area contributed by atoms with Crippen molar-refractivity contribution in [1.82, 2.24) is 20.5 Å². The van der Waals surface area contributed by atoms with Crippen LogP contribution >= 0.6 is 0 Å². The van der Waals surface area contributed by atoms with Gasteiger partial charge >= 0.3 is 0 Å². The summed E-state index contributed by atoms with van der Waals surface area (Å²) < 4.78 is 0. The van der Waals surface area contributed by atoms with Crippen molar-refractivity contribution in [2.75, 3.05) is 6.54 Å². The first kappa shape index (κ1) is 14.1. The minimum atomic E-state index is 0.745. The van der Waals surface area contributed by atoms with Gasteiger partial charge in [0.05, 0.1) is 0 Å². The summed E-state index contributed by atoms with van der Waals surface area (Å²) in [6, 6.07) is 0.745. The van der Waals surface area contributed by atoms with E-state index >= 15 is 0 Å². The molecular weight excluding hydrogens is 248 g/mol. The predicted molar refractivity (Wildman–Crippen MR) is 80.4 cm³/mol. The zero-order valence-corrected chi connectivity index (χ0v) is 12.5. The van der Waals surface area contributed by atoms with E-state index in [0.717, 1.165) is 36.7 Å². The van der Waals surface area contributed by atoms with Crippen molar-refractivity contribution in [1.29, 1.82) is 0 Å². The Labute approximate surface area is 122 Å². The van der Waals surface area contributed by atoms with Crippen molar-refractivity contribution in [2.45, 2.75) is 70.3 Å². The van der Waals surface area contributed by atoms with Gasteiger partial charge in [0.1, 0.15) is 12.2 Å². The molecule has 1 aromatic rings. The lowest BCUT2D eigenvalue weighted by atomic mass is 9.71. The highest BCUT2D eigenvalue weighted by Crippen LogP contribution is 2.38. The molecule has 112 valence electrons. The third kappa shape index (κ3) is 3.60. The van der Waals surface area contributed by atoms with E-state index in [-0.39, 0.29) is 0 Å². The molecule has 1 heterocycles. The number of rotatable bonds is 5. The van der Waals surface area contributed by atoms with Crippen LogP contribution in [-0.4, -0.2) is 27.8 Å². The molecular formula is C16H28N4. The smallest absolute Gasteiger partial charge is 0.137 e. The first-order chi connectivity index (χ1) is 9.93. The van der Waals surface area contributed by atoms with E-state index in [9.17, 15) is 0 Å². The second-order valence-electron chi connectivity index (χ2n) is 6.59. The number of nitrogens with one attached hydrogen (secondary N) is 2. The van der Waals surface area contributed by atoms with Gasteiger partial charge in [-0.1, -0.05) is 44.9 Å². The molecule has 2 saturated carbocycles. The first-order valence-electron chi connectivity index (χ1n) is 8.51. The Balaban J connectivity index is 1.49. The molecule has 0 radical (unpaired) electrons. The van der Waals surface area contributed by atoms with Crippen molar-refractivity contribution in [2.24, 2.45) is 11.8 Å². The molecule has 2 atom stereocenters. The molecule has 2 unspecified atom stereocenters. The highest BCUT2D eigenvalue weighted by atomic mass is 15.2. The maximum Gasteiger partial charge on any atom is 0.137 e. The highest BCUT2D eigenvalue weighted by molar-refractivity contribution is 4.88. The van der Waals surface area contributed by atoms with Crippen LogP contribution in [-0.2, 0) is 6.42 Å². The quantitative estimate of drug-likeness (QED) is 0.869. The Kier molecular flexibility index (Phi) is 5.06. The Bertz CT molecular complexity index is 370. The van der Waals surface area contributed by atoms with E-state index in [1.54, 1.807) is 6.33 Å². The molecule has 1 aromatic heterocycles. The van der Waals surface area contributed by atoms with Crippen LogP contribution in [0.3, 0.4) is 0 Å². The number of hydrogen-bond donors (Lipinski definition) is 2. The van der Waals surface area contributed by atoms with Gasteiger partial charge in [-0.2, -0.15) is 5.10 Å². The van der Waals surface area contributed by atoms with Crippen molar-refractivity contribution in [3.8, 4) is 0 Å². The number of hydrogen-bond acceptors (Lipinski definition) is 3. The second kappa shape index (κ2) is 7.21. The average molecular weight is 276 g/mol. The van der Waals surface area contributed by atoms with Crippen molar-refractivity contribution >= 4 is 0 Å². The van der Waals surface area contributed by atoms with Gasteiger partial charge < -0.3 is 5.32 Å². The van der Waals surface area contributed by atoms with Gasteiger partial charge in [-0.25, -0.2) is 4.98 Å². The topological polar surface area (TPSA) is 53.6 Å². The summed E-state index contributed by atoms with van der Waals surface area (Å²) >= 11 is 0. The van der Waals surface area contributed by atoms with E-state index in [4.69, 9.17) is 0 Å². The summed E-state index contributed by atoms with van der Waals surface area (Å²) in [5.41, 5.74) is 0. The third-order valence-corrected chi connectivity index (χ3v) is 5.31. The van der Waals surface area contributed by atoms with Crippen LogP contribution in [0.2, 0.25) is 0 Å². The van der Waals surface area contributed by atoms with Crippen molar-refractivity contribution < 1.29 is 0 Å². The number of H-pyrrole nitrogens is 1. The largest absolute Gasteiger partial charge is 0.313 e. The first-order valence-corrected chi connectivity index (χ1v) is 8.51. The van der Waals surface area contributed by atoms with Crippen LogP contribution in [0.5, 0.6) is 0 Å². The summed E-state index contributed by atoms with van der Waals surface area (Å²) in [7, 11) is 0. The Morgan fingerprint density at radius 3 is 2.65 bits per heavy atom. The summed E-state index contributed by atoms with van der Waals surface area (Å²) in [5.74, 6) is 2.92.